The van der Waals surface area contributed by atoms with Crippen LogP contribution in [0.2, 0.25) is 0 Å². The normalized spacial score (nSPS) is 16.4. The molecule has 0 spiro atoms. The van der Waals surface area contributed by atoms with E-state index in [1.807, 2.05) is 0 Å². The summed E-state index contributed by atoms with van der Waals surface area (Å²) in [6.07, 6.45) is -0.0305. The van der Waals surface area contributed by atoms with Crippen molar-refractivity contribution in [2.75, 3.05) is 6.54 Å². The van der Waals surface area contributed by atoms with E-state index in [2.05, 4.69) is 0 Å². The molecule has 0 atom stereocenters. The molecule has 150 valence electrons. The van der Waals surface area contributed by atoms with E-state index in [0.29, 0.717) is 17.9 Å². The Morgan fingerprint density at radius 2 is 1.61 bits per heavy atom. The number of aromatic hydroxyl groups is 1. The Bertz CT molecular complexity index is 892. The highest BCUT2D eigenvalue weighted by Gasteiger charge is 2.52. The SMILES string of the molecule is CCN1C(C)=C(C(=O)O)C(CC)(c2cccc([N+](=O)[O-])c2O)C(C(=O)O)=C1C. The van der Waals surface area contributed by atoms with Gasteiger partial charge in [0.2, 0.25) is 0 Å². The molecule has 1 aromatic rings. The number of rotatable bonds is 6. The van der Waals surface area contributed by atoms with Gasteiger partial charge in [0.25, 0.3) is 0 Å². The van der Waals surface area contributed by atoms with Crippen LogP contribution in [0.5, 0.6) is 5.75 Å². The van der Waals surface area contributed by atoms with Gasteiger partial charge in [-0.3, -0.25) is 10.1 Å². The van der Waals surface area contributed by atoms with E-state index in [1.54, 1.807) is 32.6 Å². The minimum atomic E-state index is -1.76. The van der Waals surface area contributed by atoms with E-state index >= 15 is 0 Å². The molecule has 9 heteroatoms. The number of phenols is 1. The predicted octanol–water partition coefficient (Wildman–Crippen LogP) is 3.00. The molecule has 0 saturated carbocycles. The number of carboxylic acids is 2. The molecule has 2 rings (SSSR count). The largest absolute Gasteiger partial charge is 0.502 e. The summed E-state index contributed by atoms with van der Waals surface area (Å²) in [4.78, 5) is 36.6. The number of nitrogens with zero attached hydrogens (tertiary/aromatic N) is 2. The first-order valence-corrected chi connectivity index (χ1v) is 8.69. The Kier molecular flexibility index (Phi) is 5.49. The Hall–Kier alpha value is -3.36. The molecule has 0 bridgehead atoms. The standard InChI is InChI=1S/C19H22N2O7/c1-5-19(12-8-7-9-13(16(12)22)21(27)28)14(17(23)24)10(3)20(6-2)11(4)15(19)18(25)26/h7-9,22H,5-6H2,1-4H3,(H,23,24)(H,25,26). The molecule has 3 N–H and O–H groups in total. The second-order valence-corrected chi connectivity index (χ2v) is 6.46. The van der Waals surface area contributed by atoms with Crippen LogP contribution in [-0.4, -0.2) is 43.6 Å². The summed E-state index contributed by atoms with van der Waals surface area (Å²) in [5.41, 5.74) is -2.29. The highest BCUT2D eigenvalue weighted by atomic mass is 16.6. The van der Waals surface area contributed by atoms with Crippen LogP contribution in [0.15, 0.2) is 40.7 Å². The summed E-state index contributed by atoms with van der Waals surface area (Å²) in [6.45, 7) is 6.82. The molecule has 0 unspecified atom stereocenters. The van der Waals surface area contributed by atoms with Gasteiger partial charge in [-0.15, -0.1) is 0 Å². The van der Waals surface area contributed by atoms with Gasteiger partial charge in [0, 0.05) is 29.6 Å². The maximum Gasteiger partial charge on any atom is 0.334 e. The molecule has 0 amide bonds. The van der Waals surface area contributed by atoms with Crippen LogP contribution in [0.4, 0.5) is 5.69 Å². The van der Waals surface area contributed by atoms with Crippen molar-refractivity contribution in [3.05, 3.63) is 56.4 Å². The number of nitro benzene ring substituents is 1. The molecule has 0 radical (unpaired) electrons. The molecular formula is C19H22N2O7. The highest BCUT2D eigenvalue weighted by molar-refractivity contribution is 6.01. The van der Waals surface area contributed by atoms with Gasteiger partial charge < -0.3 is 20.2 Å². The molecule has 0 fully saturated rings. The summed E-state index contributed by atoms with van der Waals surface area (Å²) < 4.78 is 0. The molecule has 0 saturated heterocycles. The van der Waals surface area contributed by atoms with Crippen LogP contribution in [0.25, 0.3) is 0 Å². The van der Waals surface area contributed by atoms with E-state index in [9.17, 15) is 35.0 Å². The van der Waals surface area contributed by atoms with Crippen LogP contribution in [0.1, 0.15) is 39.7 Å². The Balaban J connectivity index is 3.09. The molecule has 9 nitrogen and oxygen atoms in total. The van der Waals surface area contributed by atoms with Crippen LogP contribution >= 0.6 is 0 Å². The lowest BCUT2D eigenvalue weighted by Gasteiger charge is -2.44. The van der Waals surface area contributed by atoms with Gasteiger partial charge in [-0.05, 0) is 27.2 Å². The topological polar surface area (TPSA) is 141 Å². The fourth-order valence-electron chi connectivity index (χ4n) is 4.25. The number of aliphatic carboxylic acids is 2. The molecule has 0 aliphatic carbocycles. The number of phenolic OH excluding ortho intramolecular Hbond substituents is 1. The maximum atomic E-state index is 12.3. The highest BCUT2D eigenvalue weighted by Crippen LogP contribution is 2.53. The van der Waals surface area contributed by atoms with Crippen molar-refractivity contribution in [3.8, 4) is 5.75 Å². The lowest BCUT2D eigenvalue weighted by molar-refractivity contribution is -0.386. The lowest BCUT2D eigenvalue weighted by atomic mass is 9.63. The predicted molar refractivity (Wildman–Crippen MR) is 99.8 cm³/mol. The second-order valence-electron chi connectivity index (χ2n) is 6.46. The molecule has 1 aliphatic rings. The van der Waals surface area contributed by atoms with Gasteiger partial charge in [-0.1, -0.05) is 19.1 Å². The van der Waals surface area contributed by atoms with Crippen molar-refractivity contribution < 1.29 is 29.8 Å². The number of hydrogen-bond donors (Lipinski definition) is 3. The van der Waals surface area contributed by atoms with Crippen molar-refractivity contribution >= 4 is 17.6 Å². The van der Waals surface area contributed by atoms with Gasteiger partial charge in [0.05, 0.1) is 21.5 Å². The molecule has 1 aliphatic heterocycles. The monoisotopic (exact) mass is 390 g/mol. The minimum Gasteiger partial charge on any atom is -0.502 e. The zero-order valence-corrected chi connectivity index (χ0v) is 16.0. The van der Waals surface area contributed by atoms with E-state index in [1.165, 1.54) is 12.1 Å². The first-order valence-electron chi connectivity index (χ1n) is 8.69. The number of nitro groups is 1. The van der Waals surface area contributed by atoms with Crippen molar-refractivity contribution in [2.24, 2.45) is 0 Å². The number of hydrogen-bond acceptors (Lipinski definition) is 6. The smallest absolute Gasteiger partial charge is 0.334 e. The molecule has 28 heavy (non-hydrogen) atoms. The third-order valence-electron chi connectivity index (χ3n) is 5.33. The zero-order chi connectivity index (χ0) is 21.4. The summed E-state index contributed by atoms with van der Waals surface area (Å²) >= 11 is 0. The molecule has 0 aromatic heterocycles. The number of carboxylic acid groups (broad SMARTS) is 2. The Labute approximate surface area is 161 Å². The summed E-state index contributed by atoms with van der Waals surface area (Å²) in [7, 11) is 0. The number of para-hydroxylation sites is 1. The van der Waals surface area contributed by atoms with Crippen molar-refractivity contribution in [1.29, 1.82) is 0 Å². The summed E-state index contributed by atoms with van der Waals surface area (Å²) in [5, 5.41) is 41.9. The van der Waals surface area contributed by atoms with E-state index in [0.717, 1.165) is 6.07 Å². The molecule has 1 aromatic carbocycles. The fraction of sp³-hybridized carbons (Fsp3) is 0.368. The van der Waals surface area contributed by atoms with Gasteiger partial charge in [0.15, 0.2) is 5.75 Å². The van der Waals surface area contributed by atoms with E-state index < -0.39 is 33.7 Å². The third kappa shape index (κ3) is 2.79. The minimum absolute atomic E-state index is 0.0305. The number of carbonyl (C=O) groups is 2. The average Bonchev–Trinajstić information content (AvgIpc) is 2.60. The van der Waals surface area contributed by atoms with Crippen molar-refractivity contribution in [1.82, 2.24) is 4.90 Å². The number of allylic oxidation sites excluding steroid dienone is 2. The first kappa shape index (κ1) is 20.9. The first-order chi connectivity index (χ1) is 13.1. The zero-order valence-electron chi connectivity index (χ0n) is 16.0. The summed E-state index contributed by atoms with van der Waals surface area (Å²) in [5.74, 6) is -3.44. The number of benzene rings is 1. The quantitative estimate of drug-likeness (QED) is 0.497. The second kappa shape index (κ2) is 7.34. The van der Waals surface area contributed by atoms with E-state index in [-0.39, 0.29) is 23.1 Å². The maximum absolute atomic E-state index is 12.3. The van der Waals surface area contributed by atoms with Crippen LogP contribution < -0.4 is 0 Å². The van der Waals surface area contributed by atoms with Gasteiger partial charge in [-0.25, -0.2) is 9.59 Å². The fourth-order valence-corrected chi connectivity index (χ4v) is 4.25. The van der Waals surface area contributed by atoms with Crippen molar-refractivity contribution in [3.63, 3.8) is 0 Å². The van der Waals surface area contributed by atoms with Gasteiger partial charge in [-0.2, -0.15) is 0 Å². The van der Waals surface area contributed by atoms with Crippen LogP contribution in [0.3, 0.4) is 0 Å². The summed E-state index contributed by atoms with van der Waals surface area (Å²) in [6, 6.07) is 3.72. The van der Waals surface area contributed by atoms with E-state index in [4.69, 9.17) is 0 Å². The van der Waals surface area contributed by atoms with Gasteiger partial charge >= 0.3 is 17.6 Å². The molecule has 1 heterocycles. The van der Waals surface area contributed by atoms with Crippen molar-refractivity contribution in [2.45, 2.75) is 39.5 Å². The molecular weight excluding hydrogens is 368 g/mol. The van der Waals surface area contributed by atoms with Crippen LogP contribution in [0, 0.1) is 10.1 Å². The lowest BCUT2D eigenvalue weighted by Crippen LogP contribution is -2.45. The average molecular weight is 390 g/mol. The van der Waals surface area contributed by atoms with Crippen LogP contribution in [-0.2, 0) is 15.0 Å². The third-order valence-corrected chi connectivity index (χ3v) is 5.33. The Morgan fingerprint density at radius 1 is 1.11 bits per heavy atom. The van der Waals surface area contributed by atoms with Gasteiger partial charge in [0.1, 0.15) is 0 Å². The Morgan fingerprint density at radius 3 is 1.96 bits per heavy atom.